The zero-order valence-corrected chi connectivity index (χ0v) is 26.2. The van der Waals surface area contributed by atoms with Gasteiger partial charge in [-0.05, 0) is 19.4 Å². The maximum Gasteiger partial charge on any atom is 0.423 e. The molecule has 4 heterocycles. The van der Waals surface area contributed by atoms with Crippen molar-refractivity contribution < 1.29 is 40.7 Å². The Hall–Kier alpha value is -3.89. The minimum atomic E-state index is -4.90. The molecule has 2 unspecified atom stereocenters. The van der Waals surface area contributed by atoms with Crippen molar-refractivity contribution in [1.29, 1.82) is 0 Å². The van der Waals surface area contributed by atoms with Gasteiger partial charge < -0.3 is 24.8 Å². The van der Waals surface area contributed by atoms with Crippen molar-refractivity contribution in [2.75, 3.05) is 54.5 Å². The summed E-state index contributed by atoms with van der Waals surface area (Å²) in [6.07, 6.45) is -2.40. The smallest absolute Gasteiger partial charge is 0.379 e. The molecular formula is C30H39F6N7O4. The van der Waals surface area contributed by atoms with Gasteiger partial charge in [0, 0.05) is 31.9 Å². The molecule has 2 aliphatic rings. The molecule has 2 aliphatic heterocycles. The number of carbonyl (C=O) groups excluding carboxylic acids is 2. The van der Waals surface area contributed by atoms with Crippen LogP contribution in [-0.4, -0.2) is 83.4 Å². The van der Waals surface area contributed by atoms with Gasteiger partial charge in [0.1, 0.15) is 11.6 Å². The Labute approximate surface area is 267 Å². The average Bonchev–Trinajstić information content (AvgIpc) is 3.00. The van der Waals surface area contributed by atoms with Gasteiger partial charge in [0.2, 0.25) is 5.91 Å². The molecule has 2 aromatic heterocycles. The molecule has 1 fully saturated rings. The highest BCUT2D eigenvalue weighted by atomic mass is 19.4. The number of anilines is 3. The molecule has 2 N–H and O–H groups in total. The molecule has 4 rings (SSSR count). The van der Waals surface area contributed by atoms with Gasteiger partial charge in [-0.15, -0.1) is 0 Å². The van der Waals surface area contributed by atoms with Gasteiger partial charge in [0.15, 0.2) is 5.82 Å². The Bertz CT molecular complexity index is 1450. The fourth-order valence-electron chi connectivity index (χ4n) is 5.75. The molecule has 0 bridgehead atoms. The van der Waals surface area contributed by atoms with E-state index >= 15 is 0 Å². The molecule has 2 amide bonds. The van der Waals surface area contributed by atoms with Crippen molar-refractivity contribution in [3.8, 4) is 0 Å². The predicted octanol–water partition coefficient (Wildman–Crippen LogP) is 4.83. The number of fused-ring (bicyclic) bond motifs is 3. The van der Waals surface area contributed by atoms with Gasteiger partial charge in [-0.3, -0.25) is 14.4 Å². The number of hydrogen-bond acceptors (Lipinski definition) is 8. The van der Waals surface area contributed by atoms with E-state index in [-0.39, 0.29) is 63.2 Å². The summed E-state index contributed by atoms with van der Waals surface area (Å²) in [7, 11) is 0. The molecular weight excluding hydrogens is 636 g/mol. The molecule has 0 aliphatic carbocycles. The number of nitrogens with zero attached hydrogens (tertiary/aromatic N) is 5. The lowest BCUT2D eigenvalue weighted by molar-refractivity contribution is -0.138. The second kappa shape index (κ2) is 15.3. The summed E-state index contributed by atoms with van der Waals surface area (Å²) in [4.78, 5) is 47.1. The van der Waals surface area contributed by atoms with Gasteiger partial charge in [-0.1, -0.05) is 39.0 Å². The summed E-state index contributed by atoms with van der Waals surface area (Å²) in [5.41, 5.74) is -4.11. The van der Waals surface area contributed by atoms with E-state index in [2.05, 4.69) is 22.3 Å². The van der Waals surface area contributed by atoms with Crippen molar-refractivity contribution in [3.05, 3.63) is 39.9 Å². The number of carbonyl (C=O) groups is 2. The van der Waals surface area contributed by atoms with Gasteiger partial charge >= 0.3 is 12.4 Å². The van der Waals surface area contributed by atoms with Gasteiger partial charge in [-0.25, -0.2) is 10.1 Å². The third-order valence-electron chi connectivity index (χ3n) is 8.13. The fraction of sp³-hybridized carbons (Fsp3) is 0.633. The standard InChI is InChI=1S/C30H39F6N7O4/c1-3-4-5-6-7-8-10-43-22-14-20(29(31,32)33)15-37-26(22)42-12-11-41(17-23(42)28(43)46)24(44)9-13-47-18-19(2)39-21-16-38-40-27(45)25(21)30(34,35)36/h14-16,19,23H,3-13,17-18H2,1-2H3,(H2,39,40,45). The van der Waals surface area contributed by atoms with Crippen LogP contribution in [0, 0.1) is 0 Å². The Balaban J connectivity index is 1.35. The number of nitrogens with one attached hydrogen (secondary N) is 2. The van der Waals surface area contributed by atoms with Crippen LogP contribution in [0.15, 0.2) is 23.3 Å². The van der Waals surface area contributed by atoms with E-state index in [4.69, 9.17) is 4.74 Å². The first-order valence-corrected chi connectivity index (χ1v) is 15.6. The summed E-state index contributed by atoms with van der Waals surface area (Å²) in [5.74, 6) is -0.437. The van der Waals surface area contributed by atoms with Crippen LogP contribution in [-0.2, 0) is 26.7 Å². The van der Waals surface area contributed by atoms with Gasteiger partial charge in [-0.2, -0.15) is 31.4 Å². The zero-order chi connectivity index (χ0) is 34.4. The van der Waals surface area contributed by atoms with E-state index in [1.165, 1.54) is 16.7 Å². The first kappa shape index (κ1) is 36.0. The maximum atomic E-state index is 13.7. The summed E-state index contributed by atoms with van der Waals surface area (Å²) in [5, 5.41) is 7.72. The number of halogens is 6. The topological polar surface area (TPSA) is 124 Å². The molecule has 260 valence electrons. The molecule has 47 heavy (non-hydrogen) atoms. The minimum Gasteiger partial charge on any atom is -0.379 e. The molecule has 0 radical (unpaired) electrons. The van der Waals surface area contributed by atoms with Crippen LogP contribution in [0.1, 0.15) is 69.9 Å². The molecule has 11 nitrogen and oxygen atoms in total. The van der Waals surface area contributed by atoms with E-state index in [0.717, 1.165) is 50.6 Å². The predicted molar refractivity (Wildman–Crippen MR) is 161 cm³/mol. The molecule has 0 spiro atoms. The number of alkyl halides is 6. The zero-order valence-electron chi connectivity index (χ0n) is 26.2. The number of aromatic amines is 1. The van der Waals surface area contributed by atoms with E-state index in [9.17, 15) is 40.7 Å². The first-order chi connectivity index (χ1) is 22.2. The number of hydrogen-bond donors (Lipinski definition) is 2. The maximum absolute atomic E-state index is 13.7. The van der Waals surface area contributed by atoms with Crippen LogP contribution in [0.4, 0.5) is 43.5 Å². The van der Waals surface area contributed by atoms with Gasteiger partial charge in [0.25, 0.3) is 11.5 Å². The van der Waals surface area contributed by atoms with Crippen molar-refractivity contribution in [2.45, 2.75) is 83.2 Å². The van der Waals surface area contributed by atoms with Crippen LogP contribution < -0.4 is 20.7 Å². The second-order valence-electron chi connectivity index (χ2n) is 11.7. The third kappa shape index (κ3) is 8.93. The van der Waals surface area contributed by atoms with E-state index in [0.29, 0.717) is 6.42 Å². The number of H-pyrrole nitrogens is 1. The third-order valence-corrected chi connectivity index (χ3v) is 8.13. The molecule has 2 atom stereocenters. The molecule has 0 aromatic carbocycles. The summed E-state index contributed by atoms with van der Waals surface area (Å²) < 4.78 is 86.0. The molecule has 0 saturated carbocycles. The van der Waals surface area contributed by atoms with Crippen LogP contribution in [0.25, 0.3) is 0 Å². The Morgan fingerprint density at radius 1 is 1.06 bits per heavy atom. The molecule has 1 saturated heterocycles. The Morgan fingerprint density at radius 2 is 1.79 bits per heavy atom. The number of amides is 2. The van der Waals surface area contributed by atoms with Crippen molar-refractivity contribution >= 4 is 29.0 Å². The highest BCUT2D eigenvalue weighted by molar-refractivity contribution is 6.05. The van der Waals surface area contributed by atoms with Crippen LogP contribution >= 0.6 is 0 Å². The van der Waals surface area contributed by atoms with E-state index < -0.39 is 52.7 Å². The molecule has 17 heteroatoms. The lowest BCUT2D eigenvalue weighted by atomic mass is 10.0. The SMILES string of the molecule is CCCCCCCCN1C(=O)C2CN(C(=O)CCOCC(C)Nc3cn[nH]c(=O)c3C(F)(F)F)CCN2c2ncc(C(F)(F)F)cc21. The Kier molecular flexibility index (Phi) is 11.7. The minimum absolute atomic E-state index is 0.0144. The number of aromatic nitrogens is 3. The largest absolute Gasteiger partial charge is 0.423 e. The first-order valence-electron chi connectivity index (χ1n) is 15.6. The highest BCUT2D eigenvalue weighted by Crippen LogP contribution is 2.40. The number of ether oxygens (including phenoxy) is 1. The molecule has 2 aromatic rings. The van der Waals surface area contributed by atoms with Crippen LogP contribution in [0.2, 0.25) is 0 Å². The Morgan fingerprint density at radius 3 is 2.49 bits per heavy atom. The van der Waals surface area contributed by atoms with E-state index in [1.54, 1.807) is 10.00 Å². The quantitative estimate of drug-likeness (QED) is 0.216. The van der Waals surface area contributed by atoms with Crippen molar-refractivity contribution in [2.24, 2.45) is 0 Å². The summed E-state index contributed by atoms with van der Waals surface area (Å²) >= 11 is 0. The number of rotatable bonds is 14. The number of unbranched alkanes of at least 4 members (excludes halogenated alkanes) is 5. The van der Waals surface area contributed by atoms with Crippen LogP contribution in [0.5, 0.6) is 0 Å². The lowest BCUT2D eigenvalue weighted by Gasteiger charge is -2.47. The number of piperazine rings is 1. The normalized spacial score (nSPS) is 17.4. The lowest BCUT2D eigenvalue weighted by Crippen LogP contribution is -2.64. The fourth-order valence-corrected chi connectivity index (χ4v) is 5.75. The summed E-state index contributed by atoms with van der Waals surface area (Å²) in [6, 6.07) is -0.518. The monoisotopic (exact) mass is 675 g/mol. The van der Waals surface area contributed by atoms with E-state index in [1.807, 2.05) is 0 Å². The number of pyridine rings is 1. The van der Waals surface area contributed by atoms with Crippen molar-refractivity contribution in [3.63, 3.8) is 0 Å². The summed E-state index contributed by atoms with van der Waals surface area (Å²) in [6.45, 7) is 4.13. The highest BCUT2D eigenvalue weighted by Gasteiger charge is 2.44. The van der Waals surface area contributed by atoms with Crippen LogP contribution in [0.3, 0.4) is 0 Å². The van der Waals surface area contributed by atoms with Crippen molar-refractivity contribution in [1.82, 2.24) is 20.1 Å². The average molecular weight is 676 g/mol. The second-order valence-corrected chi connectivity index (χ2v) is 11.7. The van der Waals surface area contributed by atoms with Gasteiger partial charge in [0.05, 0.1) is 49.3 Å².